The molecule has 30 heavy (non-hydrogen) atoms. The molecule has 0 bridgehead atoms. The van der Waals surface area contributed by atoms with Crippen molar-refractivity contribution < 1.29 is 19.1 Å². The van der Waals surface area contributed by atoms with E-state index in [4.69, 9.17) is 21.1 Å². The van der Waals surface area contributed by atoms with Crippen molar-refractivity contribution in [2.75, 3.05) is 6.61 Å². The summed E-state index contributed by atoms with van der Waals surface area (Å²) in [7, 11) is 0. The summed E-state index contributed by atoms with van der Waals surface area (Å²) in [5.74, 6) is -0.120. The first kappa shape index (κ1) is 22.1. The number of esters is 1. The molecule has 0 aliphatic rings. The number of carbonyl (C=O) groups is 2. The van der Waals surface area contributed by atoms with E-state index in [2.05, 4.69) is 4.99 Å². The van der Waals surface area contributed by atoms with Gasteiger partial charge in [-0.25, -0.2) is 0 Å². The van der Waals surface area contributed by atoms with E-state index in [1.807, 2.05) is 26.8 Å². The molecule has 1 amide bonds. The molecule has 0 N–H and O–H groups in total. The number of ether oxygens (including phenoxy) is 2. The predicted molar refractivity (Wildman–Crippen MR) is 118 cm³/mol. The van der Waals surface area contributed by atoms with Crippen molar-refractivity contribution in [3.63, 3.8) is 0 Å². The van der Waals surface area contributed by atoms with E-state index >= 15 is 0 Å². The number of fused-ring (bicyclic) bond motifs is 1. The zero-order chi connectivity index (χ0) is 21.8. The summed E-state index contributed by atoms with van der Waals surface area (Å²) in [6, 6.07) is 10.5. The molecule has 158 valence electrons. The summed E-state index contributed by atoms with van der Waals surface area (Å²) in [5, 5.41) is 0.580. The SMILES string of the molecule is CCOC(=O)Cn1c(=NC(=O)c2ccc(OC(C)C)cc2)sc2ccc(Cl)c(C)c21. The van der Waals surface area contributed by atoms with Gasteiger partial charge in [0.05, 0.1) is 22.9 Å². The highest BCUT2D eigenvalue weighted by molar-refractivity contribution is 7.16. The van der Waals surface area contributed by atoms with Crippen LogP contribution in [0.15, 0.2) is 41.4 Å². The average molecular weight is 447 g/mol. The number of nitrogens with zero attached hydrogens (tertiary/aromatic N) is 2. The highest BCUT2D eigenvalue weighted by atomic mass is 35.5. The molecule has 2 aromatic carbocycles. The summed E-state index contributed by atoms with van der Waals surface area (Å²) < 4.78 is 13.3. The Morgan fingerprint density at radius 2 is 1.87 bits per heavy atom. The minimum absolute atomic E-state index is 0.0479. The Morgan fingerprint density at radius 1 is 1.17 bits per heavy atom. The molecule has 0 spiro atoms. The first-order valence-electron chi connectivity index (χ1n) is 9.60. The lowest BCUT2D eigenvalue weighted by molar-refractivity contribution is -0.143. The predicted octanol–water partition coefficient (Wildman–Crippen LogP) is 4.76. The Hall–Kier alpha value is -2.64. The van der Waals surface area contributed by atoms with Gasteiger partial charge < -0.3 is 14.0 Å². The van der Waals surface area contributed by atoms with Crippen molar-refractivity contribution in [3.8, 4) is 5.75 Å². The third-order valence-electron chi connectivity index (χ3n) is 4.29. The summed E-state index contributed by atoms with van der Waals surface area (Å²) in [6.07, 6.45) is 0.0479. The van der Waals surface area contributed by atoms with Crippen molar-refractivity contribution in [2.45, 2.75) is 40.3 Å². The Balaban J connectivity index is 2.05. The highest BCUT2D eigenvalue weighted by Crippen LogP contribution is 2.27. The number of amides is 1. The number of aromatic nitrogens is 1. The average Bonchev–Trinajstić information content (AvgIpc) is 3.02. The Bertz CT molecular complexity index is 1150. The molecule has 8 heteroatoms. The quantitative estimate of drug-likeness (QED) is 0.512. The van der Waals surface area contributed by atoms with Crippen molar-refractivity contribution in [1.29, 1.82) is 0 Å². The van der Waals surface area contributed by atoms with Gasteiger partial charge in [0.1, 0.15) is 12.3 Å². The number of hydrogen-bond donors (Lipinski definition) is 0. The maximum atomic E-state index is 12.8. The van der Waals surface area contributed by atoms with E-state index in [0.717, 1.165) is 15.8 Å². The summed E-state index contributed by atoms with van der Waals surface area (Å²) in [6.45, 7) is 7.72. The molecule has 3 rings (SSSR count). The van der Waals surface area contributed by atoms with Gasteiger partial charge in [-0.05, 0) is 69.7 Å². The van der Waals surface area contributed by atoms with Crippen molar-refractivity contribution in [2.24, 2.45) is 4.99 Å². The van der Waals surface area contributed by atoms with Crippen LogP contribution >= 0.6 is 22.9 Å². The summed E-state index contributed by atoms with van der Waals surface area (Å²) in [4.78, 5) is 29.7. The third kappa shape index (κ3) is 4.91. The fourth-order valence-corrected chi connectivity index (χ4v) is 4.22. The van der Waals surface area contributed by atoms with Crippen LogP contribution in [0.5, 0.6) is 5.75 Å². The standard InChI is InChI=1S/C22H23ClN2O4S/c1-5-28-19(26)12-25-20-14(4)17(23)10-11-18(20)30-22(25)24-21(27)15-6-8-16(9-7-15)29-13(2)3/h6-11,13H,5,12H2,1-4H3. The topological polar surface area (TPSA) is 69.9 Å². The van der Waals surface area contributed by atoms with Crippen LogP contribution in [-0.4, -0.2) is 29.2 Å². The van der Waals surface area contributed by atoms with Gasteiger partial charge in [-0.15, -0.1) is 0 Å². The molecule has 3 aromatic rings. The highest BCUT2D eigenvalue weighted by Gasteiger charge is 2.16. The van der Waals surface area contributed by atoms with E-state index in [1.165, 1.54) is 11.3 Å². The number of carbonyl (C=O) groups excluding carboxylic acids is 2. The monoisotopic (exact) mass is 446 g/mol. The number of rotatable bonds is 6. The van der Waals surface area contributed by atoms with Crippen LogP contribution in [0.4, 0.5) is 0 Å². The lowest BCUT2D eigenvalue weighted by Crippen LogP contribution is -2.23. The lowest BCUT2D eigenvalue weighted by Gasteiger charge is -2.09. The van der Waals surface area contributed by atoms with Crippen LogP contribution < -0.4 is 9.54 Å². The fourth-order valence-electron chi connectivity index (χ4n) is 2.98. The summed E-state index contributed by atoms with van der Waals surface area (Å²) >= 11 is 7.61. The molecule has 0 aliphatic carbocycles. The second-order valence-corrected chi connectivity index (χ2v) is 8.32. The minimum Gasteiger partial charge on any atom is -0.491 e. The molecule has 0 atom stereocenters. The molecule has 0 unspecified atom stereocenters. The van der Waals surface area contributed by atoms with Crippen LogP contribution in [0.1, 0.15) is 36.7 Å². The van der Waals surface area contributed by atoms with E-state index in [9.17, 15) is 9.59 Å². The van der Waals surface area contributed by atoms with Gasteiger partial charge in [0, 0.05) is 10.6 Å². The largest absolute Gasteiger partial charge is 0.491 e. The smallest absolute Gasteiger partial charge is 0.326 e. The van der Waals surface area contributed by atoms with Crippen molar-refractivity contribution in [1.82, 2.24) is 4.57 Å². The first-order chi connectivity index (χ1) is 14.3. The van der Waals surface area contributed by atoms with Gasteiger partial charge in [-0.3, -0.25) is 9.59 Å². The Kier molecular flexibility index (Phi) is 6.95. The zero-order valence-electron chi connectivity index (χ0n) is 17.3. The fraction of sp³-hybridized carbons (Fsp3) is 0.318. The van der Waals surface area contributed by atoms with Crippen LogP contribution in [0.2, 0.25) is 5.02 Å². The number of halogens is 1. The Morgan fingerprint density at radius 3 is 2.50 bits per heavy atom. The maximum absolute atomic E-state index is 12.8. The second kappa shape index (κ2) is 9.45. The van der Waals surface area contributed by atoms with Crippen molar-refractivity contribution in [3.05, 3.63) is 57.3 Å². The second-order valence-electron chi connectivity index (χ2n) is 6.90. The van der Waals surface area contributed by atoms with Crippen LogP contribution in [0.25, 0.3) is 10.2 Å². The molecule has 1 heterocycles. The number of hydrogen-bond acceptors (Lipinski definition) is 5. The number of benzene rings is 2. The first-order valence-corrected chi connectivity index (χ1v) is 10.8. The molecule has 0 aliphatic heterocycles. The molecule has 0 radical (unpaired) electrons. The Labute approximate surface area is 183 Å². The van der Waals surface area contributed by atoms with Gasteiger partial charge in [-0.2, -0.15) is 4.99 Å². The van der Waals surface area contributed by atoms with Gasteiger partial charge in [0.2, 0.25) is 0 Å². The van der Waals surface area contributed by atoms with Gasteiger partial charge >= 0.3 is 5.97 Å². The van der Waals surface area contributed by atoms with Gasteiger partial charge in [0.15, 0.2) is 4.80 Å². The molecule has 6 nitrogen and oxygen atoms in total. The van der Waals surface area contributed by atoms with E-state index in [0.29, 0.717) is 21.1 Å². The molecular formula is C22H23ClN2O4S. The maximum Gasteiger partial charge on any atom is 0.326 e. The van der Waals surface area contributed by atoms with E-state index in [-0.39, 0.29) is 19.3 Å². The van der Waals surface area contributed by atoms with Crippen LogP contribution in [0, 0.1) is 6.92 Å². The van der Waals surface area contributed by atoms with E-state index < -0.39 is 11.9 Å². The van der Waals surface area contributed by atoms with Crippen LogP contribution in [0.3, 0.4) is 0 Å². The normalized spacial score (nSPS) is 11.9. The van der Waals surface area contributed by atoms with Gasteiger partial charge in [0.25, 0.3) is 5.91 Å². The molecular weight excluding hydrogens is 424 g/mol. The van der Waals surface area contributed by atoms with Gasteiger partial charge in [-0.1, -0.05) is 22.9 Å². The lowest BCUT2D eigenvalue weighted by atomic mass is 10.2. The van der Waals surface area contributed by atoms with Crippen LogP contribution in [-0.2, 0) is 16.1 Å². The summed E-state index contributed by atoms with van der Waals surface area (Å²) in [5.41, 5.74) is 2.02. The number of thiazole rings is 1. The molecule has 0 fully saturated rings. The molecule has 1 aromatic heterocycles. The molecule has 0 saturated heterocycles. The molecule has 0 saturated carbocycles. The van der Waals surface area contributed by atoms with E-state index in [1.54, 1.807) is 41.8 Å². The number of aryl methyl sites for hydroxylation is 1. The zero-order valence-corrected chi connectivity index (χ0v) is 18.8. The van der Waals surface area contributed by atoms with Crippen molar-refractivity contribution >= 4 is 45.0 Å². The minimum atomic E-state index is -0.404. The third-order valence-corrected chi connectivity index (χ3v) is 5.75.